The number of carbonyl (C=O) groups is 1. The summed E-state index contributed by atoms with van der Waals surface area (Å²) in [6.07, 6.45) is 7.27. The summed E-state index contributed by atoms with van der Waals surface area (Å²) in [6.45, 7) is 4.18. The van der Waals surface area contributed by atoms with Gasteiger partial charge in [0.05, 0.1) is 18.3 Å². The summed E-state index contributed by atoms with van der Waals surface area (Å²) in [7, 11) is 0. The lowest BCUT2D eigenvalue weighted by Crippen LogP contribution is -2.33. The normalized spacial score (nSPS) is 20.9. The number of pyridine rings is 1. The first-order chi connectivity index (χ1) is 16.2. The molecule has 1 amide bonds. The molecule has 0 aromatic carbocycles. The van der Waals surface area contributed by atoms with Gasteiger partial charge in [-0.25, -0.2) is 4.98 Å². The Bertz CT molecular complexity index is 1190. The fourth-order valence-electron chi connectivity index (χ4n) is 4.82. The average Bonchev–Trinajstić information content (AvgIpc) is 3.56. The molecule has 172 valence electrons. The van der Waals surface area contributed by atoms with Crippen molar-refractivity contribution in [3.05, 3.63) is 47.2 Å². The van der Waals surface area contributed by atoms with Gasteiger partial charge in [-0.1, -0.05) is 0 Å². The van der Waals surface area contributed by atoms with Crippen LogP contribution in [0.4, 0.5) is 0 Å². The van der Waals surface area contributed by atoms with Crippen LogP contribution in [0.25, 0.3) is 11.3 Å². The summed E-state index contributed by atoms with van der Waals surface area (Å²) in [5, 5.41) is 7.80. The molecule has 1 saturated heterocycles. The minimum absolute atomic E-state index is 0.0925. The monoisotopic (exact) mass is 450 g/mol. The van der Waals surface area contributed by atoms with E-state index in [-0.39, 0.29) is 18.1 Å². The molecular formula is C24H26N4O5. The van der Waals surface area contributed by atoms with Gasteiger partial charge in [-0.05, 0) is 43.9 Å². The van der Waals surface area contributed by atoms with Gasteiger partial charge >= 0.3 is 0 Å². The predicted molar refractivity (Wildman–Crippen MR) is 118 cm³/mol. The van der Waals surface area contributed by atoms with Crippen molar-refractivity contribution in [3.8, 4) is 22.9 Å². The second-order valence-corrected chi connectivity index (χ2v) is 8.78. The first-order valence-electron chi connectivity index (χ1n) is 11.5. The summed E-state index contributed by atoms with van der Waals surface area (Å²) in [5.41, 5.74) is 3.80. The molecule has 2 atom stereocenters. The van der Waals surface area contributed by atoms with Crippen molar-refractivity contribution in [2.24, 2.45) is 0 Å². The lowest BCUT2D eigenvalue weighted by atomic mass is 9.93. The van der Waals surface area contributed by atoms with Gasteiger partial charge in [0, 0.05) is 43.1 Å². The molecule has 3 aliphatic rings. The van der Waals surface area contributed by atoms with Crippen LogP contribution in [0.5, 0.6) is 11.6 Å². The molecule has 33 heavy (non-hydrogen) atoms. The Morgan fingerprint density at radius 2 is 2.24 bits per heavy atom. The highest BCUT2D eigenvalue weighted by Crippen LogP contribution is 2.38. The molecule has 1 N–H and O–H groups in total. The van der Waals surface area contributed by atoms with E-state index in [0.717, 1.165) is 60.4 Å². The number of nitrogens with one attached hydrogen (secondary N) is 1. The van der Waals surface area contributed by atoms with Crippen molar-refractivity contribution in [2.75, 3.05) is 19.8 Å². The third kappa shape index (κ3) is 3.76. The summed E-state index contributed by atoms with van der Waals surface area (Å²) < 4.78 is 25.3. The number of fused-ring (bicyclic) bond motifs is 4. The molecule has 9 heteroatoms. The number of rotatable bonds is 5. The SMILES string of the molecule is Cc1c(C(=O)NC[C@@H]2CCCO2)oc2c1-c1nn(CC3COc4ncccc4O3)cc1CC2. The quantitative estimate of drug-likeness (QED) is 0.638. The number of carbonyl (C=O) groups excluding carboxylic acids is 1. The van der Waals surface area contributed by atoms with Crippen LogP contribution in [0.15, 0.2) is 28.9 Å². The fourth-order valence-corrected chi connectivity index (χ4v) is 4.82. The maximum absolute atomic E-state index is 12.8. The van der Waals surface area contributed by atoms with E-state index in [1.54, 1.807) is 6.20 Å². The Hall–Kier alpha value is -3.33. The Balaban J connectivity index is 1.19. The summed E-state index contributed by atoms with van der Waals surface area (Å²) >= 11 is 0. The second-order valence-electron chi connectivity index (χ2n) is 8.78. The summed E-state index contributed by atoms with van der Waals surface area (Å²) in [5.74, 6) is 2.17. The van der Waals surface area contributed by atoms with Gasteiger partial charge < -0.3 is 23.9 Å². The Labute approximate surface area is 191 Å². The van der Waals surface area contributed by atoms with Crippen LogP contribution in [-0.2, 0) is 24.1 Å². The van der Waals surface area contributed by atoms with Crippen LogP contribution in [0.1, 0.15) is 40.3 Å². The van der Waals surface area contributed by atoms with Crippen LogP contribution in [-0.4, -0.2) is 52.6 Å². The van der Waals surface area contributed by atoms with Crippen molar-refractivity contribution in [3.63, 3.8) is 0 Å². The molecular weight excluding hydrogens is 424 g/mol. The minimum atomic E-state index is -0.196. The van der Waals surface area contributed by atoms with E-state index in [1.165, 1.54) is 0 Å². The van der Waals surface area contributed by atoms with E-state index < -0.39 is 0 Å². The largest absolute Gasteiger partial charge is 0.479 e. The molecule has 0 saturated carbocycles. The molecule has 3 aromatic heterocycles. The van der Waals surface area contributed by atoms with Crippen molar-refractivity contribution in [2.45, 2.75) is 51.4 Å². The molecule has 3 aromatic rings. The lowest BCUT2D eigenvalue weighted by Gasteiger charge is -2.25. The van der Waals surface area contributed by atoms with Gasteiger partial charge in [-0.3, -0.25) is 9.48 Å². The first-order valence-corrected chi connectivity index (χ1v) is 11.5. The number of ether oxygens (including phenoxy) is 3. The maximum Gasteiger partial charge on any atom is 0.287 e. The molecule has 9 nitrogen and oxygen atoms in total. The highest BCUT2D eigenvalue weighted by Gasteiger charge is 2.31. The highest BCUT2D eigenvalue weighted by molar-refractivity contribution is 5.95. The fraction of sp³-hybridized carbons (Fsp3) is 0.458. The number of furan rings is 1. The van der Waals surface area contributed by atoms with Crippen LogP contribution in [0, 0.1) is 6.92 Å². The Kier molecular flexibility index (Phi) is 5.05. The van der Waals surface area contributed by atoms with E-state index in [0.29, 0.717) is 37.1 Å². The molecule has 2 aliphatic heterocycles. The van der Waals surface area contributed by atoms with Gasteiger partial charge in [-0.15, -0.1) is 0 Å². The third-order valence-corrected chi connectivity index (χ3v) is 6.46. The van der Waals surface area contributed by atoms with Crippen LogP contribution in [0.3, 0.4) is 0 Å². The Morgan fingerprint density at radius 1 is 1.30 bits per heavy atom. The summed E-state index contributed by atoms with van der Waals surface area (Å²) in [4.78, 5) is 17.0. The molecule has 1 aliphatic carbocycles. The van der Waals surface area contributed by atoms with E-state index in [4.69, 9.17) is 23.7 Å². The lowest BCUT2D eigenvalue weighted by molar-refractivity contribution is 0.0716. The van der Waals surface area contributed by atoms with Crippen molar-refractivity contribution < 1.29 is 23.4 Å². The average molecular weight is 450 g/mol. The molecule has 0 spiro atoms. The van der Waals surface area contributed by atoms with Crippen LogP contribution in [0.2, 0.25) is 0 Å². The smallest absolute Gasteiger partial charge is 0.287 e. The zero-order chi connectivity index (χ0) is 22.4. The van der Waals surface area contributed by atoms with E-state index in [1.807, 2.05) is 23.7 Å². The number of aryl methyl sites for hydroxylation is 2. The highest BCUT2D eigenvalue weighted by atomic mass is 16.6. The first kappa shape index (κ1) is 20.3. The minimum Gasteiger partial charge on any atom is -0.479 e. The van der Waals surface area contributed by atoms with Crippen molar-refractivity contribution >= 4 is 5.91 Å². The maximum atomic E-state index is 12.8. The van der Waals surface area contributed by atoms with Crippen molar-refractivity contribution in [1.29, 1.82) is 0 Å². The van der Waals surface area contributed by atoms with Gasteiger partial charge in [-0.2, -0.15) is 5.10 Å². The number of aromatic nitrogens is 3. The van der Waals surface area contributed by atoms with Crippen molar-refractivity contribution in [1.82, 2.24) is 20.1 Å². The molecule has 1 fully saturated rings. The molecule has 6 rings (SSSR count). The van der Waals surface area contributed by atoms with Crippen LogP contribution < -0.4 is 14.8 Å². The topological polar surface area (TPSA) is 101 Å². The number of hydrogen-bond donors (Lipinski definition) is 1. The zero-order valence-electron chi connectivity index (χ0n) is 18.5. The number of nitrogens with zero attached hydrogens (tertiary/aromatic N) is 3. The zero-order valence-corrected chi connectivity index (χ0v) is 18.5. The molecule has 0 radical (unpaired) electrons. The summed E-state index contributed by atoms with van der Waals surface area (Å²) in [6, 6.07) is 3.68. The van der Waals surface area contributed by atoms with E-state index in [9.17, 15) is 4.79 Å². The Morgan fingerprint density at radius 3 is 3.12 bits per heavy atom. The number of hydrogen-bond acceptors (Lipinski definition) is 7. The van der Waals surface area contributed by atoms with Gasteiger partial charge in [0.1, 0.15) is 12.4 Å². The second kappa shape index (κ2) is 8.22. The van der Waals surface area contributed by atoms with E-state index >= 15 is 0 Å². The molecule has 0 bridgehead atoms. The standard InChI is InChI=1S/C24H26N4O5/c1-14-20-18(33-22(14)23(29)26-10-16-4-3-9-30-16)7-6-15-11-28(27-21(15)20)12-17-13-31-24-19(32-17)5-2-8-25-24/h2,5,8,11,16-17H,3-4,6-7,9-10,12-13H2,1H3,(H,26,29)/t16-,17?/m0/s1. The molecule has 1 unspecified atom stereocenters. The van der Waals surface area contributed by atoms with Gasteiger partial charge in [0.15, 0.2) is 17.6 Å². The van der Waals surface area contributed by atoms with Gasteiger partial charge in [0.2, 0.25) is 0 Å². The number of amides is 1. The van der Waals surface area contributed by atoms with Crippen LogP contribution >= 0.6 is 0 Å². The third-order valence-electron chi connectivity index (χ3n) is 6.46. The predicted octanol–water partition coefficient (Wildman–Crippen LogP) is 2.69. The van der Waals surface area contributed by atoms with E-state index in [2.05, 4.69) is 16.5 Å². The molecule has 5 heterocycles. The van der Waals surface area contributed by atoms with Gasteiger partial charge in [0.25, 0.3) is 11.8 Å².